The number of nitrogens with one attached hydrogen (secondary N) is 1. The lowest BCUT2D eigenvalue weighted by Gasteiger charge is -2.14. The molecule has 0 bridgehead atoms. The van der Waals surface area contributed by atoms with Crippen molar-refractivity contribution in [2.24, 2.45) is 0 Å². The number of carbonyl (C=O) groups excluding carboxylic acids is 1. The summed E-state index contributed by atoms with van der Waals surface area (Å²) in [6.45, 7) is 0. The molecule has 2 rings (SSSR count). The zero-order chi connectivity index (χ0) is 15.2. The molecular weight excluding hydrogens is 272 g/mol. The molecule has 0 unspecified atom stereocenters. The fourth-order valence-electron chi connectivity index (χ4n) is 1.89. The third-order valence-electron chi connectivity index (χ3n) is 2.94. The van der Waals surface area contributed by atoms with Crippen LogP contribution in [0.1, 0.15) is 16.1 Å². The van der Waals surface area contributed by atoms with Crippen molar-refractivity contribution in [1.82, 2.24) is 5.32 Å². The van der Waals surface area contributed by atoms with Crippen LogP contribution in [0.3, 0.4) is 0 Å². The zero-order valence-corrected chi connectivity index (χ0v) is 11.1. The smallest absolute Gasteiger partial charge is 0.326 e. The molecule has 0 aliphatic carbocycles. The monoisotopic (exact) mass is 286 g/mol. The third kappa shape index (κ3) is 3.79. The molecule has 1 amide bonds. The molecule has 21 heavy (non-hydrogen) atoms. The summed E-state index contributed by atoms with van der Waals surface area (Å²) in [4.78, 5) is 23.2. The van der Waals surface area contributed by atoms with Crippen LogP contribution in [0.5, 0.6) is 0 Å². The maximum Gasteiger partial charge on any atom is 0.326 e. The second-order valence-corrected chi connectivity index (χ2v) is 4.47. The van der Waals surface area contributed by atoms with Gasteiger partial charge in [-0.3, -0.25) is 4.79 Å². The fourth-order valence-corrected chi connectivity index (χ4v) is 1.89. The van der Waals surface area contributed by atoms with Gasteiger partial charge in [-0.05, 0) is 11.6 Å². The van der Waals surface area contributed by atoms with Gasteiger partial charge in [0.1, 0.15) is 6.04 Å². The second kappa shape index (κ2) is 6.51. The molecule has 0 aliphatic rings. The summed E-state index contributed by atoms with van der Waals surface area (Å²) in [7, 11) is 0. The number of hydrogen-bond acceptors (Lipinski definition) is 3. The Labute approximate surface area is 121 Å². The first-order valence-corrected chi connectivity index (χ1v) is 6.33. The molecule has 2 N–H and O–H groups in total. The van der Waals surface area contributed by atoms with Crippen LogP contribution in [0, 0.1) is 5.21 Å². The van der Waals surface area contributed by atoms with Crippen LogP contribution in [-0.4, -0.2) is 23.0 Å². The van der Waals surface area contributed by atoms with Crippen LogP contribution in [0.4, 0.5) is 0 Å². The lowest BCUT2D eigenvalue weighted by molar-refractivity contribution is -0.607. The topological polar surface area (TPSA) is 93.3 Å². The van der Waals surface area contributed by atoms with E-state index < -0.39 is 17.9 Å². The van der Waals surface area contributed by atoms with Crippen LogP contribution < -0.4 is 10.0 Å². The summed E-state index contributed by atoms with van der Waals surface area (Å²) in [5, 5.41) is 23.0. The Balaban J connectivity index is 2.12. The third-order valence-corrected chi connectivity index (χ3v) is 2.94. The summed E-state index contributed by atoms with van der Waals surface area (Å²) < 4.78 is 0.400. The molecular formula is C15H14N2O4. The van der Waals surface area contributed by atoms with Crippen molar-refractivity contribution < 1.29 is 19.4 Å². The number of aliphatic carboxylic acids is 1. The predicted octanol–water partition coefficient (Wildman–Crippen LogP) is 0.746. The number of carboxylic acid groups (broad SMARTS) is 1. The van der Waals surface area contributed by atoms with Gasteiger partial charge in [0, 0.05) is 18.6 Å². The van der Waals surface area contributed by atoms with Gasteiger partial charge >= 0.3 is 11.9 Å². The highest BCUT2D eigenvalue weighted by atomic mass is 16.5. The standard InChI is InChI=1S/C15H14N2O4/c18-14(13-8-4-5-9-17(13)21)16-12(15(19)20)10-11-6-2-1-3-7-11/h1-9,12H,10H2,(H,16,18)(H,19,20)/t12-/m0/s1. The van der Waals surface area contributed by atoms with Crippen LogP contribution >= 0.6 is 0 Å². The van der Waals surface area contributed by atoms with Gasteiger partial charge in [0.15, 0.2) is 6.20 Å². The van der Waals surface area contributed by atoms with Crippen molar-refractivity contribution in [3.8, 4) is 0 Å². The number of pyridine rings is 1. The van der Waals surface area contributed by atoms with E-state index in [4.69, 9.17) is 0 Å². The molecule has 0 spiro atoms. The number of hydrogen-bond donors (Lipinski definition) is 2. The van der Waals surface area contributed by atoms with Gasteiger partial charge in [0.2, 0.25) is 0 Å². The van der Waals surface area contributed by atoms with Crippen molar-refractivity contribution in [3.63, 3.8) is 0 Å². The number of rotatable bonds is 5. The van der Waals surface area contributed by atoms with Gasteiger partial charge in [-0.15, -0.1) is 0 Å². The van der Waals surface area contributed by atoms with Crippen molar-refractivity contribution >= 4 is 11.9 Å². The maximum atomic E-state index is 12.0. The Morgan fingerprint density at radius 1 is 1.14 bits per heavy atom. The average molecular weight is 286 g/mol. The average Bonchev–Trinajstić information content (AvgIpc) is 2.48. The summed E-state index contributed by atoms with van der Waals surface area (Å²) >= 11 is 0. The molecule has 1 aromatic carbocycles. The highest BCUT2D eigenvalue weighted by Crippen LogP contribution is 2.04. The lowest BCUT2D eigenvalue weighted by Crippen LogP contribution is -2.46. The van der Waals surface area contributed by atoms with Crippen molar-refractivity contribution in [2.75, 3.05) is 0 Å². The minimum Gasteiger partial charge on any atom is -0.618 e. The molecule has 108 valence electrons. The Kier molecular flexibility index (Phi) is 4.50. The number of amides is 1. The van der Waals surface area contributed by atoms with Crippen molar-refractivity contribution in [3.05, 3.63) is 71.2 Å². The molecule has 6 heteroatoms. The van der Waals surface area contributed by atoms with Crippen LogP contribution in [0.2, 0.25) is 0 Å². The first-order valence-electron chi connectivity index (χ1n) is 6.33. The van der Waals surface area contributed by atoms with Gasteiger partial charge in [-0.25, -0.2) is 4.79 Å². The minimum absolute atomic E-state index is 0.142. The van der Waals surface area contributed by atoms with Gasteiger partial charge in [0.25, 0.3) is 5.69 Å². The van der Waals surface area contributed by atoms with Gasteiger partial charge in [0.05, 0.1) is 0 Å². The van der Waals surface area contributed by atoms with E-state index in [2.05, 4.69) is 5.32 Å². The normalized spacial score (nSPS) is 11.6. The van der Waals surface area contributed by atoms with E-state index in [9.17, 15) is 19.9 Å². The Hall–Kier alpha value is -2.89. The number of aromatic nitrogens is 1. The minimum atomic E-state index is -1.15. The molecule has 1 atom stereocenters. The first-order chi connectivity index (χ1) is 10.1. The van der Waals surface area contributed by atoms with Crippen LogP contribution in [0.15, 0.2) is 54.7 Å². The van der Waals surface area contributed by atoms with Gasteiger partial charge in [-0.2, -0.15) is 4.73 Å². The summed E-state index contributed by atoms with van der Waals surface area (Å²) in [5.41, 5.74) is 0.644. The molecule has 0 fully saturated rings. The van der Waals surface area contributed by atoms with E-state index >= 15 is 0 Å². The lowest BCUT2D eigenvalue weighted by atomic mass is 10.1. The van der Waals surface area contributed by atoms with E-state index in [1.54, 1.807) is 24.3 Å². The highest BCUT2D eigenvalue weighted by Gasteiger charge is 2.24. The Morgan fingerprint density at radius 2 is 1.81 bits per heavy atom. The van der Waals surface area contributed by atoms with Crippen LogP contribution in [-0.2, 0) is 11.2 Å². The molecule has 0 aliphatic heterocycles. The molecule has 6 nitrogen and oxygen atoms in total. The number of benzene rings is 1. The zero-order valence-electron chi connectivity index (χ0n) is 11.1. The van der Waals surface area contributed by atoms with Crippen molar-refractivity contribution in [1.29, 1.82) is 0 Å². The summed E-state index contributed by atoms with van der Waals surface area (Å²) in [5.74, 6) is -1.87. The summed E-state index contributed by atoms with van der Waals surface area (Å²) in [6.07, 6.45) is 1.33. The van der Waals surface area contributed by atoms with Gasteiger partial charge < -0.3 is 15.6 Å². The first kappa shape index (κ1) is 14.5. The molecule has 1 heterocycles. The molecule has 0 radical (unpaired) electrons. The van der Waals surface area contributed by atoms with E-state index in [0.717, 1.165) is 5.56 Å². The van der Waals surface area contributed by atoms with E-state index in [1.807, 2.05) is 6.07 Å². The maximum absolute atomic E-state index is 12.0. The molecule has 2 aromatic rings. The number of nitrogens with zero attached hydrogens (tertiary/aromatic N) is 1. The largest absolute Gasteiger partial charge is 0.618 e. The van der Waals surface area contributed by atoms with E-state index in [-0.39, 0.29) is 12.1 Å². The van der Waals surface area contributed by atoms with E-state index in [0.29, 0.717) is 4.73 Å². The van der Waals surface area contributed by atoms with E-state index in [1.165, 1.54) is 24.4 Å². The van der Waals surface area contributed by atoms with Crippen molar-refractivity contribution in [2.45, 2.75) is 12.5 Å². The Bertz CT molecular complexity index is 643. The molecule has 0 saturated heterocycles. The highest BCUT2D eigenvalue weighted by molar-refractivity contribution is 5.93. The number of carbonyl (C=O) groups is 2. The Morgan fingerprint density at radius 3 is 2.43 bits per heavy atom. The van der Waals surface area contributed by atoms with Crippen LogP contribution in [0.25, 0.3) is 0 Å². The number of carboxylic acids is 1. The fraction of sp³-hybridized carbons (Fsp3) is 0.133. The quantitative estimate of drug-likeness (QED) is 0.626. The second-order valence-electron chi connectivity index (χ2n) is 4.47. The molecule has 0 saturated carbocycles. The SMILES string of the molecule is O=C(N[C@@H](Cc1ccccc1)C(=O)O)c1cccc[n+]1[O-]. The summed E-state index contributed by atoms with van der Waals surface area (Å²) in [6, 6.07) is 12.2. The van der Waals surface area contributed by atoms with Gasteiger partial charge in [-0.1, -0.05) is 30.3 Å². The predicted molar refractivity (Wildman–Crippen MR) is 74.4 cm³/mol. The molecule has 1 aromatic heterocycles.